The fraction of sp³-hybridized carbons (Fsp3) is 0.549. The molecule has 0 unspecified atom stereocenters. The lowest BCUT2D eigenvalue weighted by Gasteiger charge is -2.29. The predicted octanol–water partition coefficient (Wildman–Crippen LogP) is 14.5. The van der Waals surface area contributed by atoms with E-state index in [2.05, 4.69) is 143 Å². The molecule has 0 aliphatic carbocycles. The number of para-hydroxylation sites is 2. The van der Waals surface area contributed by atoms with Crippen molar-refractivity contribution in [2.75, 3.05) is 90.0 Å². The predicted molar refractivity (Wildman–Crippen MR) is 451 cm³/mol. The molecule has 108 heavy (non-hydrogen) atoms. The maximum Gasteiger partial charge on any atom is 0.410 e. The molecule has 13 N–H and O–H groups in total. The Morgan fingerprint density at radius 2 is 0.917 bits per heavy atom. The highest BCUT2D eigenvalue weighted by Crippen LogP contribution is 2.32. The SMILES string of the molecule is C.CC(C)(C)OC(=O)NCCCN(CCCCN(CCCN)C(=O)OC(C)(C)C)C(=O)OC(C)(C)C.CCCCc1nc2c(N)nc3ccccc3c2n1Cc1ccc(CN=C=S)cc1.CCCCc1nc2c(N)nc3ccccc3c2n1Cc1ccc(CNC(=S)NCCCNCCCCNCCCN)cc1. The van der Waals surface area contributed by atoms with Gasteiger partial charge in [-0.2, -0.15) is 0 Å². The monoisotopic (exact) mass is 1520 g/mol. The first-order valence-corrected chi connectivity index (χ1v) is 39.1. The lowest BCUT2D eigenvalue weighted by Crippen LogP contribution is -2.40. The van der Waals surface area contributed by atoms with Crippen LogP contribution in [-0.2, 0) is 53.2 Å². The summed E-state index contributed by atoms with van der Waals surface area (Å²) in [5.41, 5.74) is 32.3. The first-order chi connectivity index (χ1) is 51.2. The highest BCUT2D eigenvalue weighted by molar-refractivity contribution is 7.80. The summed E-state index contributed by atoms with van der Waals surface area (Å²) in [6, 6.07) is 33.5. The summed E-state index contributed by atoms with van der Waals surface area (Å²) in [4.78, 5) is 63.4. The molecule has 8 aromatic rings. The Balaban J connectivity index is 0.000000295. The Morgan fingerprint density at radius 1 is 0.500 bits per heavy atom. The van der Waals surface area contributed by atoms with E-state index >= 15 is 0 Å². The van der Waals surface area contributed by atoms with Crippen LogP contribution < -0.4 is 49.5 Å². The first kappa shape index (κ1) is 90.0. The molecule has 0 aliphatic heterocycles. The number of rotatable bonds is 38. The van der Waals surface area contributed by atoms with E-state index in [-0.39, 0.29) is 13.5 Å². The summed E-state index contributed by atoms with van der Waals surface area (Å²) in [6.07, 6.45) is 12.1. The van der Waals surface area contributed by atoms with Gasteiger partial charge in [0.15, 0.2) is 16.7 Å². The zero-order valence-electron chi connectivity index (χ0n) is 65.6. The van der Waals surface area contributed by atoms with Crippen molar-refractivity contribution in [3.05, 3.63) is 131 Å². The molecule has 592 valence electrons. The van der Waals surface area contributed by atoms with Crippen LogP contribution in [0.5, 0.6) is 0 Å². The van der Waals surface area contributed by atoms with Crippen molar-refractivity contribution in [3.8, 4) is 0 Å². The van der Waals surface area contributed by atoms with Crippen molar-refractivity contribution in [2.24, 2.45) is 16.5 Å². The number of nitrogens with one attached hydrogen (secondary N) is 5. The van der Waals surface area contributed by atoms with Gasteiger partial charge in [0.2, 0.25) is 0 Å². The highest BCUT2D eigenvalue weighted by Gasteiger charge is 2.26. The van der Waals surface area contributed by atoms with Gasteiger partial charge in [-0.15, -0.1) is 0 Å². The summed E-state index contributed by atoms with van der Waals surface area (Å²) < 4.78 is 20.9. The van der Waals surface area contributed by atoms with Crippen LogP contribution in [0.15, 0.2) is 102 Å². The van der Waals surface area contributed by atoms with E-state index in [0.717, 1.165) is 165 Å². The minimum atomic E-state index is -0.611. The number of anilines is 2. The number of fused-ring (bicyclic) bond motifs is 6. The summed E-state index contributed by atoms with van der Waals surface area (Å²) in [6.45, 7) is 32.0. The van der Waals surface area contributed by atoms with E-state index in [4.69, 9.17) is 59.3 Å². The number of carbonyl (C=O) groups is 3. The number of imidazole rings is 2. The van der Waals surface area contributed by atoms with Crippen molar-refractivity contribution in [1.29, 1.82) is 0 Å². The maximum absolute atomic E-state index is 12.7. The van der Waals surface area contributed by atoms with Crippen LogP contribution in [0.1, 0.15) is 195 Å². The van der Waals surface area contributed by atoms with Crippen LogP contribution in [0.4, 0.5) is 26.0 Å². The number of hydrogen-bond donors (Lipinski definition) is 9. The number of nitrogen functional groups attached to an aromatic ring is 2. The van der Waals surface area contributed by atoms with E-state index in [1.54, 1.807) is 30.6 Å². The normalized spacial score (nSPS) is 11.4. The number of pyridine rings is 2. The average molecular weight is 1520 g/mol. The Kier molecular flexibility index (Phi) is 38.9. The van der Waals surface area contributed by atoms with Gasteiger partial charge in [-0.05, 0) is 225 Å². The fourth-order valence-electron chi connectivity index (χ4n) is 11.7. The first-order valence-electron chi connectivity index (χ1n) is 38.3. The van der Waals surface area contributed by atoms with Gasteiger partial charge in [-0.25, -0.2) is 39.3 Å². The Morgan fingerprint density at radius 3 is 1.37 bits per heavy atom. The molecular formula is C82H126N18O6S2. The standard InChI is InChI=1S/C33H49N9S.C25H50N4O6.C23H23N5S.CH4/c1-2-3-12-29-41-30-31(27-10-4-5-11-28(27)40-32(30)35)42(29)24-26-15-13-25(14-16-26)23-39-33(43)38-22-9-21-37-19-7-6-18-36-20-8-17-34;1-23(2,3)33-20(30)27-15-13-19-29(22(32)35-25(7,8)9)17-11-10-16-28(18-12-14-26)21(31)34-24(4,5)6;1-2-3-8-20-27-21-22(18-6-4-5-7-19(18)26-23(21)24)28(20)14-17-11-9-16(10-12-17)13-25-15-29;/h4-5,10-11,13-16,36-37H,2-3,6-9,12,17-24,34H2,1H3,(H2,35,40)(H2,38,39,43);10-19,26H2,1-9H3,(H,27,30);4-7,9-12H,2-3,8,13-14H2,1H3,(H2,24,26);1H4. The number of carbonyl (C=O) groups excluding carboxylic acids is 3. The lowest BCUT2D eigenvalue weighted by molar-refractivity contribution is 0.0207. The van der Waals surface area contributed by atoms with E-state index in [1.807, 2.05) is 77.9 Å². The Hall–Kier alpha value is -8.62. The smallest absolute Gasteiger partial charge is 0.410 e. The minimum absolute atomic E-state index is 0. The van der Waals surface area contributed by atoms with Crippen molar-refractivity contribution in [3.63, 3.8) is 0 Å². The quantitative estimate of drug-likeness (QED) is 0.00751. The molecule has 0 saturated heterocycles. The summed E-state index contributed by atoms with van der Waals surface area (Å²) in [5, 5.41) is 21.6. The van der Waals surface area contributed by atoms with Crippen LogP contribution in [-0.4, -0.2) is 163 Å². The van der Waals surface area contributed by atoms with Gasteiger partial charge >= 0.3 is 18.3 Å². The van der Waals surface area contributed by atoms with Gasteiger partial charge < -0.3 is 82.7 Å². The van der Waals surface area contributed by atoms with Gasteiger partial charge in [0.05, 0.1) is 33.8 Å². The molecule has 4 aromatic heterocycles. The third kappa shape index (κ3) is 31.5. The summed E-state index contributed by atoms with van der Waals surface area (Å²) in [7, 11) is 0. The molecular weight excluding hydrogens is 1400 g/mol. The third-order valence-corrected chi connectivity index (χ3v) is 17.5. The van der Waals surface area contributed by atoms with Crippen LogP contribution in [0.3, 0.4) is 0 Å². The molecule has 0 atom stereocenters. The van der Waals surface area contributed by atoms with Crippen molar-refractivity contribution in [1.82, 2.24) is 65.5 Å². The van der Waals surface area contributed by atoms with Gasteiger partial charge in [-0.3, -0.25) is 0 Å². The molecule has 8 rings (SSSR count). The fourth-order valence-corrected chi connectivity index (χ4v) is 12.0. The molecule has 24 nitrogen and oxygen atoms in total. The number of nitrogens with zero attached hydrogens (tertiary/aromatic N) is 9. The van der Waals surface area contributed by atoms with E-state index in [1.165, 1.54) is 29.5 Å². The second kappa shape index (κ2) is 46.7. The number of aliphatic imine (C=N–C) groups is 1. The molecule has 0 fully saturated rings. The second-order valence-electron chi connectivity index (χ2n) is 29.8. The maximum atomic E-state index is 12.7. The van der Waals surface area contributed by atoms with E-state index in [0.29, 0.717) is 94.8 Å². The van der Waals surface area contributed by atoms with Crippen molar-refractivity contribution in [2.45, 2.75) is 216 Å². The van der Waals surface area contributed by atoms with Gasteiger partial charge in [-0.1, -0.05) is 119 Å². The molecule has 4 aromatic carbocycles. The number of nitrogens with two attached hydrogens (primary N) is 4. The number of unbranched alkanes of at least 4 members (excludes halogenated alkanes) is 4. The van der Waals surface area contributed by atoms with Crippen molar-refractivity contribution < 1.29 is 28.6 Å². The second-order valence-corrected chi connectivity index (χ2v) is 30.4. The number of thiocarbonyl (C=S) groups is 2. The topological polar surface area (TPSA) is 323 Å². The molecule has 0 spiro atoms. The minimum Gasteiger partial charge on any atom is -0.444 e. The molecule has 0 bridgehead atoms. The number of amides is 3. The third-order valence-electron chi connectivity index (χ3n) is 17.0. The Bertz CT molecular complexity index is 4080. The largest absolute Gasteiger partial charge is 0.444 e. The van der Waals surface area contributed by atoms with Gasteiger partial charge in [0, 0.05) is 82.5 Å². The number of benzene rings is 4. The zero-order valence-corrected chi connectivity index (χ0v) is 67.2. The summed E-state index contributed by atoms with van der Waals surface area (Å²) in [5.74, 6) is 3.10. The van der Waals surface area contributed by atoms with Gasteiger partial charge in [0.1, 0.15) is 39.5 Å². The number of hydrogen-bond acceptors (Lipinski definition) is 19. The van der Waals surface area contributed by atoms with E-state index < -0.39 is 29.0 Å². The number of aryl methyl sites for hydroxylation is 2. The van der Waals surface area contributed by atoms with Crippen LogP contribution >= 0.6 is 24.4 Å². The number of aromatic nitrogens is 6. The molecule has 0 radical (unpaired) electrons. The average Bonchev–Trinajstić information content (AvgIpc) is 1.58. The molecule has 0 aliphatic rings. The number of isothiocyanates is 1. The van der Waals surface area contributed by atoms with Crippen LogP contribution in [0.2, 0.25) is 0 Å². The molecule has 26 heteroatoms. The highest BCUT2D eigenvalue weighted by atomic mass is 32.1. The number of alkyl carbamates (subject to hydrolysis) is 1. The lowest BCUT2D eigenvalue weighted by atomic mass is 10.1. The molecule has 0 saturated carbocycles. The number of ether oxygens (including phenoxy) is 3. The molecule has 4 heterocycles. The van der Waals surface area contributed by atoms with E-state index in [9.17, 15) is 14.4 Å². The van der Waals surface area contributed by atoms with Crippen LogP contribution in [0.25, 0.3) is 43.9 Å². The van der Waals surface area contributed by atoms with Crippen molar-refractivity contribution >= 4 is 108 Å². The molecule has 3 amide bonds. The Labute approximate surface area is 652 Å². The van der Waals surface area contributed by atoms with Gasteiger partial charge in [0.25, 0.3) is 0 Å². The van der Waals surface area contributed by atoms with Crippen LogP contribution in [0, 0.1) is 0 Å². The summed E-state index contributed by atoms with van der Waals surface area (Å²) >= 11 is 10.1. The zero-order chi connectivity index (χ0) is 77.8.